The van der Waals surface area contributed by atoms with Gasteiger partial charge in [-0.3, -0.25) is 4.79 Å². The highest BCUT2D eigenvalue weighted by Gasteiger charge is 2.40. The minimum Gasteiger partial charge on any atom is -0.497 e. The van der Waals surface area contributed by atoms with Crippen LogP contribution >= 0.6 is 0 Å². The molecule has 0 saturated carbocycles. The van der Waals surface area contributed by atoms with Crippen molar-refractivity contribution in [3.8, 4) is 5.75 Å². The number of carbonyl (C=O) groups is 1. The quantitative estimate of drug-likeness (QED) is 0.836. The zero-order valence-electron chi connectivity index (χ0n) is 10.6. The van der Waals surface area contributed by atoms with Crippen molar-refractivity contribution in [2.24, 2.45) is 0 Å². The molecule has 1 aliphatic heterocycles. The Labute approximate surface area is 107 Å². The Morgan fingerprint density at radius 3 is 2.67 bits per heavy atom. The van der Waals surface area contributed by atoms with E-state index in [9.17, 15) is 9.90 Å². The predicted molar refractivity (Wildman–Crippen MR) is 68.9 cm³/mol. The molecule has 1 heterocycles. The van der Waals surface area contributed by atoms with Gasteiger partial charge in [0, 0.05) is 0 Å². The fourth-order valence-electron chi connectivity index (χ4n) is 2.46. The van der Waals surface area contributed by atoms with Crippen LogP contribution in [-0.4, -0.2) is 30.3 Å². The Kier molecular flexibility index (Phi) is 3.87. The van der Waals surface area contributed by atoms with Gasteiger partial charge in [0.05, 0.1) is 7.11 Å². The zero-order valence-corrected chi connectivity index (χ0v) is 10.6. The summed E-state index contributed by atoms with van der Waals surface area (Å²) in [6, 6.07) is 7.79. The van der Waals surface area contributed by atoms with Crippen molar-refractivity contribution in [1.82, 2.24) is 5.32 Å². The van der Waals surface area contributed by atoms with Crippen molar-refractivity contribution in [1.29, 1.82) is 0 Å². The maximum Gasteiger partial charge on any atom is 0.323 e. The number of methoxy groups -OCH3 is 1. The minimum atomic E-state index is -0.728. The second-order valence-electron chi connectivity index (χ2n) is 4.77. The molecule has 0 amide bonds. The molecule has 1 aromatic rings. The van der Waals surface area contributed by atoms with Crippen LogP contribution in [0.2, 0.25) is 0 Å². The van der Waals surface area contributed by atoms with Crippen LogP contribution in [0.5, 0.6) is 5.75 Å². The summed E-state index contributed by atoms with van der Waals surface area (Å²) in [4.78, 5) is 11.4. The van der Waals surface area contributed by atoms with Crippen LogP contribution in [0.25, 0.3) is 0 Å². The number of rotatable bonds is 5. The fraction of sp³-hybridized carbons (Fsp3) is 0.500. The molecule has 2 rings (SSSR count). The summed E-state index contributed by atoms with van der Waals surface area (Å²) in [7, 11) is 1.64. The fourth-order valence-corrected chi connectivity index (χ4v) is 2.46. The van der Waals surface area contributed by atoms with Gasteiger partial charge in [0.15, 0.2) is 0 Å². The minimum absolute atomic E-state index is 0.634. The zero-order chi connectivity index (χ0) is 13.0. The predicted octanol–water partition coefficient (Wildman–Crippen LogP) is 1.83. The lowest BCUT2D eigenvalue weighted by Crippen LogP contribution is -2.47. The normalized spacial score (nSPS) is 22.9. The first-order valence-corrected chi connectivity index (χ1v) is 6.28. The number of hydrogen-bond donors (Lipinski definition) is 2. The first-order chi connectivity index (χ1) is 8.66. The van der Waals surface area contributed by atoms with E-state index < -0.39 is 11.5 Å². The third-order valence-electron chi connectivity index (χ3n) is 3.65. The second kappa shape index (κ2) is 5.40. The molecule has 4 heteroatoms. The Morgan fingerprint density at radius 2 is 2.17 bits per heavy atom. The first-order valence-electron chi connectivity index (χ1n) is 6.28. The number of hydrogen-bond acceptors (Lipinski definition) is 3. The summed E-state index contributed by atoms with van der Waals surface area (Å²) in [5.41, 5.74) is 0.421. The Morgan fingerprint density at radius 1 is 1.44 bits per heavy atom. The average molecular weight is 249 g/mol. The highest BCUT2D eigenvalue weighted by Crippen LogP contribution is 2.25. The van der Waals surface area contributed by atoms with Crippen molar-refractivity contribution >= 4 is 5.97 Å². The SMILES string of the molecule is COc1ccc(CCC2(C(=O)O)CCCN2)cc1. The van der Waals surface area contributed by atoms with Gasteiger partial charge in [-0.15, -0.1) is 0 Å². The van der Waals surface area contributed by atoms with Crippen LogP contribution in [0.3, 0.4) is 0 Å². The average Bonchev–Trinajstić information content (AvgIpc) is 2.87. The molecule has 18 heavy (non-hydrogen) atoms. The topological polar surface area (TPSA) is 58.6 Å². The molecule has 4 nitrogen and oxygen atoms in total. The maximum absolute atomic E-state index is 11.4. The van der Waals surface area contributed by atoms with Gasteiger partial charge in [-0.1, -0.05) is 12.1 Å². The van der Waals surface area contributed by atoms with E-state index in [1.54, 1.807) is 7.11 Å². The van der Waals surface area contributed by atoms with Gasteiger partial charge in [0.2, 0.25) is 0 Å². The van der Waals surface area contributed by atoms with E-state index >= 15 is 0 Å². The van der Waals surface area contributed by atoms with Crippen LogP contribution in [0, 0.1) is 0 Å². The molecule has 1 aliphatic rings. The summed E-state index contributed by atoms with van der Waals surface area (Å²) < 4.78 is 5.10. The van der Waals surface area contributed by atoms with E-state index in [1.807, 2.05) is 24.3 Å². The van der Waals surface area contributed by atoms with Crippen LogP contribution in [0.15, 0.2) is 24.3 Å². The molecule has 98 valence electrons. The van der Waals surface area contributed by atoms with E-state index in [0.717, 1.165) is 37.1 Å². The number of ether oxygens (including phenoxy) is 1. The molecule has 0 spiro atoms. The maximum atomic E-state index is 11.4. The Balaban J connectivity index is 1.99. The third kappa shape index (κ3) is 2.64. The van der Waals surface area contributed by atoms with Gasteiger partial charge in [0.1, 0.15) is 11.3 Å². The number of aliphatic carboxylic acids is 1. The monoisotopic (exact) mass is 249 g/mol. The van der Waals surface area contributed by atoms with Crippen molar-refractivity contribution in [2.75, 3.05) is 13.7 Å². The molecular weight excluding hydrogens is 230 g/mol. The standard InChI is InChI=1S/C14H19NO3/c1-18-12-5-3-11(4-6-12)7-9-14(13(16)17)8-2-10-15-14/h3-6,15H,2,7-10H2,1H3,(H,16,17). The van der Waals surface area contributed by atoms with Crippen molar-refractivity contribution < 1.29 is 14.6 Å². The second-order valence-corrected chi connectivity index (χ2v) is 4.77. The van der Waals surface area contributed by atoms with E-state index in [4.69, 9.17) is 4.74 Å². The molecule has 1 saturated heterocycles. The first kappa shape index (κ1) is 12.9. The van der Waals surface area contributed by atoms with Gasteiger partial charge in [-0.25, -0.2) is 0 Å². The highest BCUT2D eigenvalue weighted by molar-refractivity contribution is 5.79. The molecule has 0 aliphatic carbocycles. The molecule has 1 fully saturated rings. The number of carboxylic acids is 1. The number of carboxylic acid groups (broad SMARTS) is 1. The van der Waals surface area contributed by atoms with Crippen LogP contribution in [-0.2, 0) is 11.2 Å². The molecule has 0 bridgehead atoms. The number of benzene rings is 1. The smallest absolute Gasteiger partial charge is 0.323 e. The molecule has 2 N–H and O–H groups in total. The van der Waals surface area contributed by atoms with E-state index in [0.29, 0.717) is 6.42 Å². The summed E-state index contributed by atoms with van der Waals surface area (Å²) in [5, 5.41) is 12.5. The molecular formula is C14H19NO3. The van der Waals surface area contributed by atoms with Crippen LogP contribution in [0.4, 0.5) is 0 Å². The molecule has 1 unspecified atom stereocenters. The van der Waals surface area contributed by atoms with E-state index in [1.165, 1.54) is 0 Å². The highest BCUT2D eigenvalue weighted by atomic mass is 16.5. The lowest BCUT2D eigenvalue weighted by Gasteiger charge is -2.24. The molecule has 1 aromatic carbocycles. The van der Waals surface area contributed by atoms with Gasteiger partial charge >= 0.3 is 5.97 Å². The summed E-state index contributed by atoms with van der Waals surface area (Å²) in [5.74, 6) is 0.0965. The van der Waals surface area contributed by atoms with Gasteiger partial charge in [-0.05, 0) is 49.9 Å². The van der Waals surface area contributed by atoms with Crippen LogP contribution in [0.1, 0.15) is 24.8 Å². The van der Waals surface area contributed by atoms with Gasteiger partial charge < -0.3 is 15.2 Å². The van der Waals surface area contributed by atoms with Gasteiger partial charge in [-0.2, -0.15) is 0 Å². The molecule has 0 aromatic heterocycles. The van der Waals surface area contributed by atoms with Crippen molar-refractivity contribution in [3.05, 3.63) is 29.8 Å². The van der Waals surface area contributed by atoms with Crippen LogP contribution < -0.4 is 10.1 Å². The lowest BCUT2D eigenvalue weighted by molar-refractivity contribution is -0.144. The lowest BCUT2D eigenvalue weighted by atomic mass is 9.90. The van der Waals surface area contributed by atoms with Crippen molar-refractivity contribution in [2.45, 2.75) is 31.2 Å². The number of aryl methyl sites for hydroxylation is 1. The van der Waals surface area contributed by atoms with E-state index in [2.05, 4.69) is 5.32 Å². The summed E-state index contributed by atoms with van der Waals surface area (Å²) >= 11 is 0. The summed E-state index contributed by atoms with van der Waals surface area (Å²) in [6.07, 6.45) is 3.06. The van der Waals surface area contributed by atoms with Gasteiger partial charge in [0.25, 0.3) is 0 Å². The largest absolute Gasteiger partial charge is 0.497 e. The summed E-state index contributed by atoms with van der Waals surface area (Å²) in [6.45, 7) is 0.801. The van der Waals surface area contributed by atoms with E-state index in [-0.39, 0.29) is 0 Å². The number of nitrogens with one attached hydrogen (secondary N) is 1. The Bertz CT molecular complexity index is 408. The molecule has 1 atom stereocenters. The third-order valence-corrected chi connectivity index (χ3v) is 3.65. The van der Waals surface area contributed by atoms with Crippen molar-refractivity contribution in [3.63, 3.8) is 0 Å². The Hall–Kier alpha value is -1.55. The molecule has 0 radical (unpaired) electrons.